The van der Waals surface area contributed by atoms with Gasteiger partial charge in [-0.3, -0.25) is 0 Å². The first-order valence-corrected chi connectivity index (χ1v) is 5.98. The lowest BCUT2D eigenvalue weighted by atomic mass is 10.2. The highest BCUT2D eigenvalue weighted by Gasteiger charge is 2.05. The van der Waals surface area contributed by atoms with Gasteiger partial charge in [-0.2, -0.15) is 0 Å². The molecular formula is C13H21FN2. The van der Waals surface area contributed by atoms with Crippen LogP contribution in [0.2, 0.25) is 0 Å². The van der Waals surface area contributed by atoms with E-state index >= 15 is 0 Å². The Morgan fingerprint density at radius 1 is 1.12 bits per heavy atom. The van der Waals surface area contributed by atoms with Crippen LogP contribution in [0.5, 0.6) is 0 Å². The van der Waals surface area contributed by atoms with Crippen LogP contribution in [0, 0.1) is 5.82 Å². The molecule has 0 aliphatic rings. The molecular weight excluding hydrogens is 203 g/mol. The Kier molecular flexibility index (Phi) is 5.86. The van der Waals surface area contributed by atoms with Gasteiger partial charge < -0.3 is 10.6 Å². The van der Waals surface area contributed by atoms with Gasteiger partial charge in [-0.25, -0.2) is 4.39 Å². The number of nitrogens with two attached hydrogens (primary N) is 1. The quantitative estimate of drug-likeness (QED) is 0.771. The summed E-state index contributed by atoms with van der Waals surface area (Å²) in [5, 5.41) is 0. The van der Waals surface area contributed by atoms with Gasteiger partial charge in [0, 0.05) is 18.8 Å². The largest absolute Gasteiger partial charge is 0.371 e. The van der Waals surface area contributed by atoms with Crippen LogP contribution in [0.25, 0.3) is 0 Å². The van der Waals surface area contributed by atoms with Gasteiger partial charge >= 0.3 is 0 Å². The number of halogens is 1. The second kappa shape index (κ2) is 7.23. The lowest BCUT2D eigenvalue weighted by Crippen LogP contribution is -2.27. The molecule has 0 spiro atoms. The zero-order valence-corrected chi connectivity index (χ0v) is 9.95. The second-order valence-electron chi connectivity index (χ2n) is 3.96. The third-order valence-corrected chi connectivity index (χ3v) is 2.61. The van der Waals surface area contributed by atoms with Crippen LogP contribution in [0.1, 0.15) is 26.2 Å². The van der Waals surface area contributed by atoms with Crippen LogP contribution in [0.4, 0.5) is 10.1 Å². The van der Waals surface area contributed by atoms with E-state index in [1.807, 2.05) is 12.1 Å². The molecule has 0 aliphatic carbocycles. The smallest absolute Gasteiger partial charge is 0.123 e. The molecule has 2 nitrogen and oxygen atoms in total. The number of unbranched alkanes of at least 4 members (excludes halogenated alkanes) is 1. The third-order valence-electron chi connectivity index (χ3n) is 2.61. The monoisotopic (exact) mass is 224 g/mol. The Balaban J connectivity index is 2.62. The maximum atomic E-state index is 12.8. The average Bonchev–Trinajstić information content (AvgIpc) is 2.31. The topological polar surface area (TPSA) is 29.3 Å². The second-order valence-corrected chi connectivity index (χ2v) is 3.96. The van der Waals surface area contributed by atoms with Gasteiger partial charge in [0.1, 0.15) is 5.82 Å². The molecule has 1 aromatic rings. The van der Waals surface area contributed by atoms with Gasteiger partial charge in [0.2, 0.25) is 0 Å². The van der Waals surface area contributed by atoms with E-state index < -0.39 is 0 Å². The SMILES string of the molecule is CCCCN(CCCN)c1ccc(F)cc1. The highest BCUT2D eigenvalue weighted by atomic mass is 19.1. The van der Waals surface area contributed by atoms with Gasteiger partial charge in [-0.15, -0.1) is 0 Å². The summed E-state index contributed by atoms with van der Waals surface area (Å²) in [5.74, 6) is -0.182. The molecule has 0 unspecified atom stereocenters. The van der Waals surface area contributed by atoms with Crippen molar-refractivity contribution in [1.29, 1.82) is 0 Å². The molecule has 1 rings (SSSR count). The first-order chi connectivity index (χ1) is 7.77. The zero-order chi connectivity index (χ0) is 11.8. The minimum absolute atomic E-state index is 0.182. The molecule has 0 aliphatic heterocycles. The Morgan fingerprint density at radius 3 is 2.31 bits per heavy atom. The molecule has 16 heavy (non-hydrogen) atoms. The van der Waals surface area contributed by atoms with Crippen molar-refractivity contribution in [1.82, 2.24) is 0 Å². The standard InChI is InChI=1S/C13H21FN2/c1-2-3-10-16(11-4-9-15)13-7-5-12(14)6-8-13/h5-8H,2-4,9-11,15H2,1H3. The minimum Gasteiger partial charge on any atom is -0.371 e. The number of benzene rings is 1. The summed E-state index contributed by atoms with van der Waals surface area (Å²) in [6, 6.07) is 6.69. The van der Waals surface area contributed by atoms with Crippen molar-refractivity contribution in [3.63, 3.8) is 0 Å². The third kappa shape index (κ3) is 4.19. The van der Waals surface area contributed by atoms with Gasteiger partial charge in [-0.05, 0) is 43.7 Å². The summed E-state index contributed by atoms with van der Waals surface area (Å²) in [5.41, 5.74) is 6.61. The van der Waals surface area contributed by atoms with Gasteiger partial charge in [0.15, 0.2) is 0 Å². The van der Waals surface area contributed by atoms with Crippen molar-refractivity contribution in [2.75, 3.05) is 24.5 Å². The van der Waals surface area contributed by atoms with E-state index in [0.717, 1.165) is 31.6 Å². The van der Waals surface area contributed by atoms with Crippen LogP contribution >= 0.6 is 0 Å². The summed E-state index contributed by atoms with van der Waals surface area (Å²) < 4.78 is 12.8. The lowest BCUT2D eigenvalue weighted by Gasteiger charge is -2.24. The van der Waals surface area contributed by atoms with E-state index in [9.17, 15) is 4.39 Å². The van der Waals surface area contributed by atoms with Crippen LogP contribution in [0.3, 0.4) is 0 Å². The average molecular weight is 224 g/mol. The number of rotatable bonds is 7. The normalized spacial score (nSPS) is 10.4. The Bertz CT molecular complexity index is 276. The molecule has 90 valence electrons. The van der Waals surface area contributed by atoms with Crippen molar-refractivity contribution in [3.8, 4) is 0 Å². The molecule has 0 fully saturated rings. The maximum absolute atomic E-state index is 12.8. The highest BCUT2D eigenvalue weighted by Crippen LogP contribution is 2.15. The molecule has 0 saturated carbocycles. The molecule has 3 heteroatoms. The zero-order valence-electron chi connectivity index (χ0n) is 9.95. The molecule has 0 radical (unpaired) electrons. The predicted octanol–water partition coefficient (Wildman–Crippen LogP) is 2.78. The van der Waals surface area contributed by atoms with Gasteiger partial charge in [0.25, 0.3) is 0 Å². The first kappa shape index (κ1) is 13.0. The predicted molar refractivity (Wildman–Crippen MR) is 67.2 cm³/mol. The number of nitrogens with zero attached hydrogens (tertiary/aromatic N) is 1. The van der Waals surface area contributed by atoms with Crippen molar-refractivity contribution >= 4 is 5.69 Å². The van der Waals surface area contributed by atoms with Crippen LogP contribution in [-0.2, 0) is 0 Å². The van der Waals surface area contributed by atoms with Gasteiger partial charge in [-0.1, -0.05) is 13.3 Å². The van der Waals surface area contributed by atoms with E-state index in [4.69, 9.17) is 5.73 Å². The van der Waals surface area contributed by atoms with E-state index in [0.29, 0.717) is 6.54 Å². The minimum atomic E-state index is -0.182. The number of hydrogen-bond acceptors (Lipinski definition) is 2. The van der Waals surface area contributed by atoms with E-state index in [1.54, 1.807) is 0 Å². The fraction of sp³-hybridized carbons (Fsp3) is 0.538. The fourth-order valence-corrected chi connectivity index (χ4v) is 1.65. The molecule has 0 aromatic heterocycles. The molecule has 2 N–H and O–H groups in total. The molecule has 0 saturated heterocycles. The fourth-order valence-electron chi connectivity index (χ4n) is 1.65. The molecule has 0 heterocycles. The van der Waals surface area contributed by atoms with Crippen LogP contribution in [-0.4, -0.2) is 19.6 Å². The Morgan fingerprint density at radius 2 is 1.75 bits per heavy atom. The first-order valence-electron chi connectivity index (χ1n) is 5.98. The number of hydrogen-bond donors (Lipinski definition) is 1. The molecule has 0 amide bonds. The Labute approximate surface area is 97.3 Å². The van der Waals surface area contributed by atoms with Crippen molar-refractivity contribution < 1.29 is 4.39 Å². The van der Waals surface area contributed by atoms with E-state index in [-0.39, 0.29) is 5.82 Å². The van der Waals surface area contributed by atoms with E-state index in [1.165, 1.54) is 18.6 Å². The number of anilines is 1. The maximum Gasteiger partial charge on any atom is 0.123 e. The molecule has 0 bridgehead atoms. The highest BCUT2D eigenvalue weighted by molar-refractivity contribution is 5.46. The molecule has 1 aromatic carbocycles. The van der Waals surface area contributed by atoms with E-state index in [2.05, 4.69) is 11.8 Å². The van der Waals surface area contributed by atoms with Crippen molar-refractivity contribution in [2.45, 2.75) is 26.2 Å². The summed E-state index contributed by atoms with van der Waals surface area (Å²) in [6.45, 7) is 4.83. The van der Waals surface area contributed by atoms with Crippen LogP contribution in [0.15, 0.2) is 24.3 Å². The van der Waals surface area contributed by atoms with Crippen LogP contribution < -0.4 is 10.6 Å². The Hall–Kier alpha value is -1.09. The van der Waals surface area contributed by atoms with Gasteiger partial charge in [0.05, 0.1) is 0 Å². The van der Waals surface area contributed by atoms with Crippen molar-refractivity contribution in [3.05, 3.63) is 30.1 Å². The summed E-state index contributed by atoms with van der Waals surface area (Å²) >= 11 is 0. The summed E-state index contributed by atoms with van der Waals surface area (Å²) in [6.07, 6.45) is 3.29. The summed E-state index contributed by atoms with van der Waals surface area (Å²) in [7, 11) is 0. The molecule has 0 atom stereocenters. The summed E-state index contributed by atoms with van der Waals surface area (Å²) in [4.78, 5) is 2.27. The van der Waals surface area contributed by atoms with Crippen molar-refractivity contribution in [2.24, 2.45) is 5.73 Å². The lowest BCUT2D eigenvalue weighted by molar-refractivity contribution is 0.626.